The summed E-state index contributed by atoms with van der Waals surface area (Å²) in [5.41, 5.74) is -0.698. The highest BCUT2D eigenvalue weighted by molar-refractivity contribution is 5.80. The molecular formula is C15H29NO4. The van der Waals surface area contributed by atoms with Crippen LogP contribution in [0.15, 0.2) is 0 Å². The van der Waals surface area contributed by atoms with Crippen molar-refractivity contribution in [2.45, 2.75) is 64.1 Å². The zero-order valence-electron chi connectivity index (χ0n) is 13.2. The molecule has 1 rings (SSSR count). The number of hydrogen-bond donors (Lipinski definition) is 1. The molecule has 1 N–H and O–H groups in total. The maximum Gasteiger partial charge on any atom is 0.325 e. The molecule has 20 heavy (non-hydrogen) atoms. The van der Waals surface area contributed by atoms with Crippen molar-refractivity contribution >= 4 is 5.97 Å². The highest BCUT2D eigenvalue weighted by atomic mass is 16.5. The largest absolute Gasteiger partial charge is 0.468 e. The molecular weight excluding hydrogens is 258 g/mol. The van der Waals surface area contributed by atoms with Gasteiger partial charge in [0.05, 0.1) is 19.8 Å². The molecule has 0 aromatic rings. The number of hydrogen-bond acceptors (Lipinski definition) is 5. The molecule has 0 amide bonds. The van der Waals surface area contributed by atoms with E-state index in [4.69, 9.17) is 14.2 Å². The molecule has 1 fully saturated rings. The fourth-order valence-electron chi connectivity index (χ4n) is 2.53. The Bertz CT molecular complexity index is 290. The summed E-state index contributed by atoms with van der Waals surface area (Å²) in [4.78, 5) is 11.9. The molecule has 5 heteroatoms. The van der Waals surface area contributed by atoms with Crippen LogP contribution < -0.4 is 5.32 Å². The molecule has 0 aromatic heterocycles. The summed E-state index contributed by atoms with van der Waals surface area (Å²) in [6, 6.07) is 0.209. The van der Waals surface area contributed by atoms with Crippen LogP contribution in [0.5, 0.6) is 0 Å². The number of esters is 1. The van der Waals surface area contributed by atoms with Crippen molar-refractivity contribution in [1.82, 2.24) is 5.32 Å². The second-order valence-electron chi connectivity index (χ2n) is 5.94. The van der Waals surface area contributed by atoms with E-state index in [0.717, 1.165) is 19.4 Å². The Balaban J connectivity index is 2.32. The SMILES string of the molecule is COC(=O)C(C)(CCOCC1CCCCO1)NC(C)C. The van der Waals surface area contributed by atoms with Crippen LogP contribution in [0.25, 0.3) is 0 Å². The Morgan fingerprint density at radius 1 is 1.45 bits per heavy atom. The predicted molar refractivity (Wildman–Crippen MR) is 77.7 cm³/mol. The van der Waals surface area contributed by atoms with Crippen molar-refractivity contribution in [3.8, 4) is 0 Å². The minimum absolute atomic E-state index is 0.209. The van der Waals surface area contributed by atoms with Crippen LogP contribution in [0.3, 0.4) is 0 Å². The third-order valence-corrected chi connectivity index (χ3v) is 3.57. The van der Waals surface area contributed by atoms with Gasteiger partial charge in [-0.1, -0.05) is 0 Å². The number of nitrogens with one attached hydrogen (secondary N) is 1. The van der Waals surface area contributed by atoms with E-state index in [1.54, 1.807) is 0 Å². The van der Waals surface area contributed by atoms with Gasteiger partial charge in [0.1, 0.15) is 5.54 Å². The van der Waals surface area contributed by atoms with Crippen molar-refractivity contribution in [2.75, 3.05) is 26.9 Å². The van der Waals surface area contributed by atoms with Gasteiger partial charge < -0.3 is 14.2 Å². The second kappa shape index (κ2) is 8.60. The van der Waals surface area contributed by atoms with Gasteiger partial charge in [0.25, 0.3) is 0 Å². The lowest BCUT2D eigenvalue weighted by Gasteiger charge is -2.30. The van der Waals surface area contributed by atoms with E-state index in [0.29, 0.717) is 19.6 Å². The maximum atomic E-state index is 11.9. The van der Waals surface area contributed by atoms with Gasteiger partial charge in [0, 0.05) is 19.3 Å². The molecule has 0 radical (unpaired) electrons. The topological polar surface area (TPSA) is 56.8 Å². The summed E-state index contributed by atoms with van der Waals surface area (Å²) < 4.78 is 16.2. The summed E-state index contributed by atoms with van der Waals surface area (Å²) in [6.07, 6.45) is 4.23. The summed E-state index contributed by atoms with van der Waals surface area (Å²) >= 11 is 0. The first-order valence-corrected chi connectivity index (χ1v) is 7.53. The van der Waals surface area contributed by atoms with Gasteiger partial charge in [-0.2, -0.15) is 0 Å². The van der Waals surface area contributed by atoms with E-state index < -0.39 is 5.54 Å². The maximum absolute atomic E-state index is 11.9. The minimum Gasteiger partial charge on any atom is -0.468 e. The van der Waals surface area contributed by atoms with Crippen LogP contribution in [-0.4, -0.2) is 50.6 Å². The molecule has 1 saturated heterocycles. The Hall–Kier alpha value is -0.650. The molecule has 5 nitrogen and oxygen atoms in total. The second-order valence-corrected chi connectivity index (χ2v) is 5.94. The lowest BCUT2D eigenvalue weighted by Crippen LogP contribution is -2.53. The molecule has 1 aliphatic heterocycles. The molecule has 0 aromatic carbocycles. The van der Waals surface area contributed by atoms with Crippen molar-refractivity contribution in [3.05, 3.63) is 0 Å². The molecule has 0 saturated carbocycles. The standard InChI is InChI=1S/C15H29NO4/c1-12(2)16-15(3,14(17)18-4)8-10-19-11-13-7-5-6-9-20-13/h12-13,16H,5-11H2,1-4H3. The van der Waals surface area contributed by atoms with E-state index >= 15 is 0 Å². The van der Waals surface area contributed by atoms with E-state index in [9.17, 15) is 4.79 Å². The highest BCUT2D eigenvalue weighted by Gasteiger charge is 2.34. The van der Waals surface area contributed by atoms with Gasteiger partial charge in [-0.15, -0.1) is 0 Å². The summed E-state index contributed by atoms with van der Waals surface area (Å²) in [6.45, 7) is 7.85. The van der Waals surface area contributed by atoms with Crippen molar-refractivity contribution in [2.24, 2.45) is 0 Å². The van der Waals surface area contributed by atoms with E-state index in [1.165, 1.54) is 13.5 Å². The zero-order valence-corrected chi connectivity index (χ0v) is 13.2. The van der Waals surface area contributed by atoms with Gasteiger partial charge in [-0.05, 0) is 46.5 Å². The van der Waals surface area contributed by atoms with Gasteiger partial charge >= 0.3 is 5.97 Å². The quantitative estimate of drug-likeness (QED) is 0.546. The monoisotopic (exact) mass is 287 g/mol. The zero-order chi connectivity index (χ0) is 15.0. The first kappa shape index (κ1) is 17.4. The van der Waals surface area contributed by atoms with Crippen molar-refractivity contribution in [3.63, 3.8) is 0 Å². The summed E-state index contributed by atoms with van der Waals surface area (Å²) in [5.74, 6) is -0.247. The lowest BCUT2D eigenvalue weighted by atomic mass is 9.97. The van der Waals surface area contributed by atoms with Gasteiger partial charge in [-0.3, -0.25) is 10.1 Å². The molecule has 1 heterocycles. The summed E-state index contributed by atoms with van der Waals surface area (Å²) in [7, 11) is 1.42. The Morgan fingerprint density at radius 2 is 2.20 bits per heavy atom. The fraction of sp³-hybridized carbons (Fsp3) is 0.933. The Morgan fingerprint density at radius 3 is 2.75 bits per heavy atom. The third-order valence-electron chi connectivity index (χ3n) is 3.57. The minimum atomic E-state index is -0.698. The van der Waals surface area contributed by atoms with Crippen LogP contribution in [0.4, 0.5) is 0 Å². The highest BCUT2D eigenvalue weighted by Crippen LogP contribution is 2.15. The molecule has 0 spiro atoms. The van der Waals surface area contributed by atoms with E-state index in [1.807, 2.05) is 20.8 Å². The molecule has 1 aliphatic rings. The predicted octanol–water partition coefficient (Wildman–Crippen LogP) is 1.89. The van der Waals surface area contributed by atoms with Crippen LogP contribution in [0.2, 0.25) is 0 Å². The number of ether oxygens (including phenoxy) is 3. The number of rotatable bonds is 8. The number of carbonyl (C=O) groups is 1. The van der Waals surface area contributed by atoms with Crippen LogP contribution >= 0.6 is 0 Å². The Labute approximate surface area is 122 Å². The fourth-order valence-corrected chi connectivity index (χ4v) is 2.53. The molecule has 2 atom stereocenters. The van der Waals surface area contributed by atoms with Crippen molar-refractivity contribution in [1.29, 1.82) is 0 Å². The van der Waals surface area contributed by atoms with Crippen LogP contribution in [0.1, 0.15) is 46.5 Å². The van der Waals surface area contributed by atoms with Gasteiger partial charge in [0.15, 0.2) is 0 Å². The average molecular weight is 287 g/mol. The van der Waals surface area contributed by atoms with E-state index in [2.05, 4.69) is 5.32 Å². The normalized spacial score (nSPS) is 22.6. The van der Waals surface area contributed by atoms with E-state index in [-0.39, 0.29) is 18.1 Å². The van der Waals surface area contributed by atoms with Crippen LogP contribution in [0, 0.1) is 0 Å². The number of carbonyl (C=O) groups excluding carboxylic acids is 1. The van der Waals surface area contributed by atoms with Gasteiger partial charge in [0.2, 0.25) is 0 Å². The smallest absolute Gasteiger partial charge is 0.325 e. The first-order chi connectivity index (χ1) is 9.48. The third kappa shape index (κ3) is 5.77. The van der Waals surface area contributed by atoms with Crippen molar-refractivity contribution < 1.29 is 19.0 Å². The molecule has 118 valence electrons. The number of methoxy groups -OCH3 is 1. The Kier molecular flexibility index (Phi) is 7.48. The van der Waals surface area contributed by atoms with Crippen LogP contribution in [-0.2, 0) is 19.0 Å². The summed E-state index contributed by atoms with van der Waals surface area (Å²) in [5, 5.41) is 3.26. The molecule has 2 unspecified atom stereocenters. The average Bonchev–Trinajstić information content (AvgIpc) is 2.43. The first-order valence-electron chi connectivity index (χ1n) is 7.53. The molecule has 0 aliphatic carbocycles. The van der Waals surface area contributed by atoms with Gasteiger partial charge in [-0.25, -0.2) is 0 Å². The lowest BCUT2D eigenvalue weighted by molar-refractivity contribution is -0.149. The molecule has 0 bridgehead atoms.